The molecule has 0 aromatic carbocycles. The van der Waals surface area contributed by atoms with Gasteiger partial charge in [-0.3, -0.25) is 9.59 Å². The van der Waals surface area contributed by atoms with Crippen LogP contribution in [0.4, 0.5) is 0 Å². The highest BCUT2D eigenvalue weighted by Crippen LogP contribution is 2.51. The van der Waals surface area contributed by atoms with Gasteiger partial charge < -0.3 is 14.9 Å². The lowest BCUT2D eigenvalue weighted by Gasteiger charge is -2.42. The van der Waals surface area contributed by atoms with E-state index in [1.165, 1.54) is 51.4 Å². The van der Waals surface area contributed by atoms with E-state index in [2.05, 4.69) is 62.5 Å². The van der Waals surface area contributed by atoms with Gasteiger partial charge >= 0.3 is 17.9 Å². The van der Waals surface area contributed by atoms with Gasteiger partial charge in [0.15, 0.2) is 0 Å². The standard InChI is InChI=1S/C49H82O6/c1-6-8-10-12-14-16-18-20-22-24-26-28-30-32-34-36-38-48(45(51)52)40-43(44(50)55-47(3,4)5)41-49(42-48,46(53)54)39-37-35-33-31-29-27-25-23-21-19-17-15-13-11-9-7-2/h14-17,20-23,40H,6-13,18-19,24-39,41-42H2,1-5H3,(H,51,52)(H,53,54)/b16-14-,17-15-,22-20-,23-21-. The van der Waals surface area contributed by atoms with E-state index in [-0.39, 0.29) is 18.4 Å². The maximum atomic E-state index is 13.4. The number of carbonyl (C=O) groups is 3. The molecule has 0 spiro atoms. The molecule has 6 heteroatoms. The second-order valence-corrected chi connectivity index (χ2v) is 17.2. The lowest BCUT2D eigenvalue weighted by molar-refractivity contribution is -0.159. The van der Waals surface area contributed by atoms with Gasteiger partial charge in [0.1, 0.15) is 5.60 Å². The second kappa shape index (κ2) is 30.3. The molecular weight excluding hydrogens is 685 g/mol. The molecule has 0 aromatic heterocycles. The van der Waals surface area contributed by atoms with Gasteiger partial charge in [-0.1, -0.05) is 158 Å². The van der Waals surface area contributed by atoms with Crippen molar-refractivity contribution >= 4 is 17.9 Å². The smallest absolute Gasteiger partial charge is 0.334 e. The van der Waals surface area contributed by atoms with Gasteiger partial charge in [-0.25, -0.2) is 4.79 Å². The minimum absolute atomic E-state index is 0.0102. The molecule has 0 fully saturated rings. The van der Waals surface area contributed by atoms with Crippen LogP contribution in [0, 0.1) is 10.8 Å². The molecule has 2 atom stereocenters. The molecule has 1 aliphatic carbocycles. The molecule has 0 amide bonds. The summed E-state index contributed by atoms with van der Waals surface area (Å²) in [5.41, 5.74) is -3.29. The van der Waals surface area contributed by atoms with E-state index in [4.69, 9.17) is 4.74 Å². The Balaban J connectivity index is 2.67. The number of esters is 1. The number of unbranched alkanes of at least 4 members (excludes halogenated alkanes) is 18. The Morgan fingerprint density at radius 3 is 1.38 bits per heavy atom. The highest BCUT2D eigenvalue weighted by molar-refractivity contribution is 5.93. The van der Waals surface area contributed by atoms with Crippen molar-refractivity contribution in [3.8, 4) is 0 Å². The number of rotatable bonds is 33. The minimum Gasteiger partial charge on any atom is -0.481 e. The highest BCUT2D eigenvalue weighted by atomic mass is 16.6. The summed E-state index contributed by atoms with van der Waals surface area (Å²) in [7, 11) is 0. The highest BCUT2D eigenvalue weighted by Gasteiger charge is 2.53. The summed E-state index contributed by atoms with van der Waals surface area (Å²) in [4.78, 5) is 39.5. The van der Waals surface area contributed by atoms with Crippen LogP contribution in [-0.4, -0.2) is 33.7 Å². The van der Waals surface area contributed by atoms with E-state index in [1.54, 1.807) is 26.8 Å². The second-order valence-electron chi connectivity index (χ2n) is 17.2. The molecule has 2 unspecified atom stereocenters. The molecule has 2 N–H and O–H groups in total. The quantitative estimate of drug-likeness (QED) is 0.0392. The molecule has 1 aliphatic rings. The molecule has 0 saturated heterocycles. The van der Waals surface area contributed by atoms with Crippen molar-refractivity contribution in [2.24, 2.45) is 10.8 Å². The molecule has 0 bridgehead atoms. The summed E-state index contributed by atoms with van der Waals surface area (Å²) in [5.74, 6) is -2.65. The third-order valence-electron chi connectivity index (χ3n) is 10.9. The largest absolute Gasteiger partial charge is 0.481 e. The third kappa shape index (κ3) is 23.7. The van der Waals surface area contributed by atoms with Crippen molar-refractivity contribution in [3.05, 3.63) is 60.3 Å². The predicted molar refractivity (Wildman–Crippen MR) is 231 cm³/mol. The van der Waals surface area contributed by atoms with E-state index < -0.39 is 34.3 Å². The van der Waals surface area contributed by atoms with Crippen LogP contribution in [0.2, 0.25) is 0 Å². The van der Waals surface area contributed by atoms with Gasteiger partial charge in [0.25, 0.3) is 0 Å². The molecule has 6 nitrogen and oxygen atoms in total. The Bertz CT molecular complexity index is 1200. The maximum absolute atomic E-state index is 13.4. The normalized spacial score (nSPS) is 19.3. The van der Waals surface area contributed by atoms with Crippen molar-refractivity contribution < 1.29 is 29.3 Å². The molecular formula is C49H82O6. The molecule has 0 saturated carbocycles. The average molecular weight is 767 g/mol. The van der Waals surface area contributed by atoms with Gasteiger partial charge in [0.2, 0.25) is 0 Å². The Kier molecular flexibility index (Phi) is 27.6. The first-order chi connectivity index (χ1) is 26.4. The van der Waals surface area contributed by atoms with Crippen molar-refractivity contribution in [1.82, 2.24) is 0 Å². The fourth-order valence-electron chi connectivity index (χ4n) is 7.66. The maximum Gasteiger partial charge on any atom is 0.334 e. The fourth-order valence-corrected chi connectivity index (χ4v) is 7.66. The zero-order valence-corrected chi connectivity index (χ0v) is 36.0. The number of ether oxygens (including phenoxy) is 1. The summed E-state index contributed by atoms with van der Waals surface area (Å²) < 4.78 is 5.68. The fraction of sp³-hybridized carbons (Fsp3) is 0.735. The summed E-state index contributed by atoms with van der Waals surface area (Å²) in [6, 6.07) is 0. The molecule has 0 heterocycles. The van der Waals surface area contributed by atoms with Crippen LogP contribution in [-0.2, 0) is 19.1 Å². The summed E-state index contributed by atoms with van der Waals surface area (Å²) in [6.07, 6.45) is 46.5. The average Bonchev–Trinajstić information content (AvgIpc) is 3.13. The number of hydrogen-bond acceptors (Lipinski definition) is 4. The van der Waals surface area contributed by atoms with Crippen molar-refractivity contribution in [2.75, 3.05) is 0 Å². The van der Waals surface area contributed by atoms with Gasteiger partial charge in [0.05, 0.1) is 10.8 Å². The predicted octanol–water partition coefficient (Wildman–Crippen LogP) is 14.6. The van der Waals surface area contributed by atoms with Crippen LogP contribution in [0.5, 0.6) is 0 Å². The van der Waals surface area contributed by atoms with Crippen LogP contribution >= 0.6 is 0 Å². The summed E-state index contributed by atoms with van der Waals surface area (Å²) >= 11 is 0. The first kappa shape index (κ1) is 50.1. The zero-order valence-electron chi connectivity index (χ0n) is 36.0. The Morgan fingerprint density at radius 1 is 0.582 bits per heavy atom. The molecule has 0 aromatic rings. The monoisotopic (exact) mass is 767 g/mol. The lowest BCUT2D eigenvalue weighted by Crippen LogP contribution is -2.46. The number of hydrogen-bond donors (Lipinski definition) is 2. The van der Waals surface area contributed by atoms with Crippen LogP contribution in [0.3, 0.4) is 0 Å². The summed E-state index contributed by atoms with van der Waals surface area (Å²) in [5, 5.41) is 21.3. The van der Waals surface area contributed by atoms with E-state index in [0.717, 1.165) is 89.9 Å². The van der Waals surface area contributed by atoms with Gasteiger partial charge in [-0.15, -0.1) is 0 Å². The van der Waals surface area contributed by atoms with Crippen LogP contribution < -0.4 is 0 Å². The van der Waals surface area contributed by atoms with E-state index in [1.807, 2.05) is 0 Å². The molecule has 55 heavy (non-hydrogen) atoms. The van der Waals surface area contributed by atoms with Crippen LogP contribution in [0.15, 0.2) is 60.3 Å². The van der Waals surface area contributed by atoms with Gasteiger partial charge in [-0.05, 0) is 111 Å². The number of carboxylic acid groups (broad SMARTS) is 2. The molecule has 0 aliphatic heterocycles. The lowest BCUT2D eigenvalue weighted by atomic mass is 9.60. The van der Waals surface area contributed by atoms with E-state index in [9.17, 15) is 24.6 Å². The van der Waals surface area contributed by atoms with Crippen LogP contribution in [0.1, 0.15) is 214 Å². The molecule has 0 radical (unpaired) electrons. The first-order valence-corrected chi connectivity index (χ1v) is 22.4. The molecule has 314 valence electrons. The van der Waals surface area contributed by atoms with E-state index in [0.29, 0.717) is 25.7 Å². The topological polar surface area (TPSA) is 101 Å². The minimum atomic E-state index is -1.41. The van der Waals surface area contributed by atoms with Crippen molar-refractivity contribution in [3.63, 3.8) is 0 Å². The zero-order chi connectivity index (χ0) is 40.7. The SMILES string of the molecule is CCCCC/C=C\C/C=C\CCCCCCCCC1(C(=O)O)C=C(C(=O)OC(C)(C)C)CC(CCCCCCCC/C=C\C/C=C\CCCCC)(C(=O)O)C1. The first-order valence-electron chi connectivity index (χ1n) is 22.4. The Labute approximate surface area is 337 Å². The van der Waals surface area contributed by atoms with Gasteiger partial charge in [-0.2, -0.15) is 0 Å². The number of aliphatic carboxylic acids is 2. The van der Waals surface area contributed by atoms with Gasteiger partial charge in [0, 0.05) is 5.57 Å². The Hall–Kier alpha value is -2.89. The Morgan fingerprint density at radius 2 is 0.982 bits per heavy atom. The third-order valence-corrected chi connectivity index (χ3v) is 10.9. The molecule has 1 rings (SSSR count). The summed E-state index contributed by atoms with van der Waals surface area (Å²) in [6.45, 7) is 9.78. The van der Waals surface area contributed by atoms with Crippen LogP contribution in [0.25, 0.3) is 0 Å². The number of allylic oxidation sites excluding steroid dienone is 8. The number of carbonyl (C=O) groups excluding carboxylic acids is 1. The van der Waals surface area contributed by atoms with E-state index >= 15 is 0 Å². The van der Waals surface area contributed by atoms with Crippen molar-refractivity contribution in [1.29, 1.82) is 0 Å². The van der Waals surface area contributed by atoms with Crippen molar-refractivity contribution in [2.45, 2.75) is 220 Å². The number of carboxylic acids is 2.